The molecule has 1 aromatic carbocycles. The maximum atomic E-state index is 11.2. The Morgan fingerprint density at radius 3 is 2.61 bits per heavy atom. The summed E-state index contributed by atoms with van der Waals surface area (Å²) in [5.74, 6) is -0.504. The molecular formula is C14H10Cl2N4O3. The fourth-order valence-electron chi connectivity index (χ4n) is 2.08. The second kappa shape index (κ2) is 5.94. The van der Waals surface area contributed by atoms with E-state index in [4.69, 9.17) is 27.9 Å². The van der Waals surface area contributed by atoms with Gasteiger partial charge in [-0.1, -0.05) is 23.2 Å². The molecule has 0 spiro atoms. The normalized spacial score (nSPS) is 10.7. The number of hydrogen-bond acceptors (Lipinski definition) is 5. The van der Waals surface area contributed by atoms with Gasteiger partial charge in [0.25, 0.3) is 0 Å². The molecule has 0 radical (unpaired) electrons. The summed E-state index contributed by atoms with van der Waals surface area (Å²) >= 11 is 12.1. The second-order valence-corrected chi connectivity index (χ2v) is 5.38. The molecule has 118 valence electrons. The summed E-state index contributed by atoms with van der Waals surface area (Å²) in [6.45, 7) is 0. The molecule has 0 fully saturated rings. The molecule has 2 heterocycles. The number of methoxy groups -OCH3 is 1. The number of rotatable bonds is 4. The summed E-state index contributed by atoms with van der Waals surface area (Å²) in [6, 6.07) is 2.99. The van der Waals surface area contributed by atoms with Crippen molar-refractivity contribution in [2.24, 2.45) is 0 Å². The van der Waals surface area contributed by atoms with Gasteiger partial charge in [0.1, 0.15) is 11.3 Å². The molecule has 3 N–H and O–H groups in total. The van der Waals surface area contributed by atoms with Gasteiger partial charge in [-0.3, -0.25) is 4.98 Å². The number of benzene rings is 1. The minimum atomic E-state index is -1.09. The molecule has 0 aliphatic carbocycles. The molecule has 0 bridgehead atoms. The zero-order chi connectivity index (χ0) is 16.6. The van der Waals surface area contributed by atoms with Gasteiger partial charge >= 0.3 is 5.97 Å². The molecule has 0 atom stereocenters. The van der Waals surface area contributed by atoms with Crippen LogP contribution in [0.1, 0.15) is 10.4 Å². The first-order chi connectivity index (χ1) is 11.0. The van der Waals surface area contributed by atoms with Gasteiger partial charge in [-0.25, -0.2) is 9.78 Å². The van der Waals surface area contributed by atoms with Crippen LogP contribution in [0.25, 0.3) is 11.0 Å². The molecule has 9 heteroatoms. The SMILES string of the molecule is COc1cc2nc(Nc3c(Cl)cncc3Cl)[nH]c2cc1C(=O)O. The van der Waals surface area contributed by atoms with E-state index in [0.29, 0.717) is 32.7 Å². The van der Waals surface area contributed by atoms with E-state index >= 15 is 0 Å². The number of ether oxygens (including phenoxy) is 1. The van der Waals surface area contributed by atoms with Crippen molar-refractivity contribution >= 4 is 51.8 Å². The second-order valence-electron chi connectivity index (χ2n) is 4.56. The topological polar surface area (TPSA) is 100 Å². The van der Waals surface area contributed by atoms with Crippen LogP contribution in [-0.2, 0) is 0 Å². The number of imidazole rings is 1. The number of nitrogens with one attached hydrogen (secondary N) is 2. The number of pyridine rings is 1. The fourth-order valence-corrected chi connectivity index (χ4v) is 2.54. The van der Waals surface area contributed by atoms with Gasteiger partial charge in [0.2, 0.25) is 5.95 Å². The maximum absolute atomic E-state index is 11.2. The summed E-state index contributed by atoms with van der Waals surface area (Å²) < 4.78 is 5.07. The highest BCUT2D eigenvalue weighted by atomic mass is 35.5. The number of fused-ring (bicyclic) bond motifs is 1. The lowest BCUT2D eigenvalue weighted by Gasteiger charge is -2.06. The third-order valence-corrected chi connectivity index (χ3v) is 3.70. The van der Waals surface area contributed by atoms with Crippen molar-refractivity contribution in [2.45, 2.75) is 0 Å². The van der Waals surface area contributed by atoms with E-state index in [1.54, 1.807) is 0 Å². The Kier molecular flexibility index (Phi) is 3.97. The number of aromatic nitrogens is 3. The van der Waals surface area contributed by atoms with Crippen molar-refractivity contribution < 1.29 is 14.6 Å². The van der Waals surface area contributed by atoms with Crippen LogP contribution in [0.2, 0.25) is 10.0 Å². The van der Waals surface area contributed by atoms with Crippen molar-refractivity contribution in [3.8, 4) is 5.75 Å². The molecule has 0 saturated heterocycles. The minimum Gasteiger partial charge on any atom is -0.496 e. The zero-order valence-electron chi connectivity index (χ0n) is 11.7. The summed E-state index contributed by atoms with van der Waals surface area (Å²) in [5.41, 5.74) is 1.56. The molecule has 0 aliphatic heterocycles. The number of aromatic carboxylic acids is 1. The van der Waals surface area contributed by atoms with Crippen LogP contribution < -0.4 is 10.1 Å². The number of anilines is 2. The van der Waals surface area contributed by atoms with Crippen molar-refractivity contribution in [2.75, 3.05) is 12.4 Å². The Labute approximate surface area is 140 Å². The lowest BCUT2D eigenvalue weighted by molar-refractivity contribution is 0.0693. The van der Waals surface area contributed by atoms with Gasteiger partial charge in [0, 0.05) is 18.5 Å². The average Bonchev–Trinajstić information content (AvgIpc) is 2.91. The third-order valence-electron chi connectivity index (χ3n) is 3.13. The van der Waals surface area contributed by atoms with Crippen LogP contribution in [0.5, 0.6) is 5.75 Å². The Hall–Kier alpha value is -2.51. The Balaban J connectivity index is 2.05. The van der Waals surface area contributed by atoms with Gasteiger partial charge in [0.15, 0.2) is 0 Å². The summed E-state index contributed by atoms with van der Waals surface area (Å²) in [7, 11) is 1.40. The highest BCUT2D eigenvalue weighted by molar-refractivity contribution is 6.39. The fraction of sp³-hybridized carbons (Fsp3) is 0.0714. The number of H-pyrrole nitrogens is 1. The molecule has 3 rings (SSSR count). The minimum absolute atomic E-state index is 0.0372. The highest BCUT2D eigenvalue weighted by Crippen LogP contribution is 2.32. The number of halogens is 2. The number of carboxylic acids is 1. The van der Waals surface area contributed by atoms with Crippen LogP contribution >= 0.6 is 23.2 Å². The Morgan fingerprint density at radius 1 is 1.30 bits per heavy atom. The van der Waals surface area contributed by atoms with Gasteiger partial charge in [-0.2, -0.15) is 0 Å². The number of carboxylic acid groups (broad SMARTS) is 1. The van der Waals surface area contributed by atoms with Gasteiger partial charge < -0.3 is 20.1 Å². The van der Waals surface area contributed by atoms with E-state index in [0.717, 1.165) is 0 Å². The quantitative estimate of drug-likeness (QED) is 0.661. The van der Waals surface area contributed by atoms with Crippen molar-refractivity contribution in [3.63, 3.8) is 0 Å². The first-order valence-electron chi connectivity index (χ1n) is 6.36. The van der Waals surface area contributed by atoms with E-state index in [-0.39, 0.29) is 11.3 Å². The van der Waals surface area contributed by atoms with E-state index in [9.17, 15) is 9.90 Å². The van der Waals surface area contributed by atoms with E-state index in [1.807, 2.05) is 0 Å². The highest BCUT2D eigenvalue weighted by Gasteiger charge is 2.15. The molecule has 3 aromatic rings. The molecule has 2 aromatic heterocycles. The van der Waals surface area contributed by atoms with E-state index in [2.05, 4.69) is 20.3 Å². The van der Waals surface area contributed by atoms with Gasteiger partial charge in [-0.05, 0) is 6.07 Å². The standard InChI is InChI=1S/C14H10Cl2N4O3/c1-23-11-3-10-9(2-6(11)13(21)22)18-14(19-10)20-12-7(15)4-17-5-8(12)16/h2-5H,1H3,(H,21,22)(H2,17,18,19,20). The van der Waals surface area contributed by atoms with Crippen LogP contribution in [-0.4, -0.2) is 33.1 Å². The predicted octanol–water partition coefficient (Wildman–Crippen LogP) is 3.72. The first kappa shape index (κ1) is 15.4. The van der Waals surface area contributed by atoms with Gasteiger partial charge in [-0.15, -0.1) is 0 Å². The molecule has 0 aliphatic rings. The molecule has 7 nitrogen and oxygen atoms in total. The van der Waals surface area contributed by atoms with E-state index < -0.39 is 5.97 Å². The van der Waals surface area contributed by atoms with Crippen molar-refractivity contribution in [3.05, 3.63) is 40.1 Å². The lowest BCUT2D eigenvalue weighted by Crippen LogP contribution is -2.00. The van der Waals surface area contributed by atoms with Crippen LogP contribution in [0.4, 0.5) is 11.6 Å². The molecule has 0 unspecified atom stereocenters. The van der Waals surface area contributed by atoms with Crippen LogP contribution in [0.3, 0.4) is 0 Å². The molecule has 0 amide bonds. The Morgan fingerprint density at radius 2 is 2.00 bits per heavy atom. The summed E-state index contributed by atoms with van der Waals surface area (Å²) in [4.78, 5) is 22.4. The lowest BCUT2D eigenvalue weighted by atomic mass is 10.2. The molecule has 0 saturated carbocycles. The molecule has 23 heavy (non-hydrogen) atoms. The molecular weight excluding hydrogens is 343 g/mol. The summed E-state index contributed by atoms with van der Waals surface area (Å²) in [6.07, 6.45) is 2.90. The largest absolute Gasteiger partial charge is 0.496 e. The number of nitrogens with zero attached hydrogens (tertiary/aromatic N) is 2. The van der Waals surface area contributed by atoms with Crippen LogP contribution in [0.15, 0.2) is 24.5 Å². The average molecular weight is 353 g/mol. The predicted molar refractivity (Wildman–Crippen MR) is 87.1 cm³/mol. The van der Waals surface area contributed by atoms with Gasteiger partial charge in [0.05, 0.1) is 33.9 Å². The van der Waals surface area contributed by atoms with Crippen molar-refractivity contribution in [1.29, 1.82) is 0 Å². The maximum Gasteiger partial charge on any atom is 0.339 e. The summed E-state index contributed by atoms with van der Waals surface area (Å²) in [5, 5.41) is 12.8. The zero-order valence-corrected chi connectivity index (χ0v) is 13.2. The first-order valence-corrected chi connectivity index (χ1v) is 7.12. The third kappa shape index (κ3) is 2.88. The van der Waals surface area contributed by atoms with Crippen molar-refractivity contribution in [1.82, 2.24) is 15.0 Å². The van der Waals surface area contributed by atoms with E-state index in [1.165, 1.54) is 31.6 Å². The smallest absolute Gasteiger partial charge is 0.339 e. The monoisotopic (exact) mass is 352 g/mol. The van der Waals surface area contributed by atoms with Crippen LogP contribution in [0, 0.1) is 0 Å². The number of hydrogen-bond donors (Lipinski definition) is 3. The number of aromatic amines is 1. The Bertz CT molecular complexity index is 890. The number of carbonyl (C=O) groups is 1.